The molecule has 0 N–H and O–H groups in total. The Bertz CT molecular complexity index is 641. The minimum Gasteiger partial charge on any atom is -0.381 e. The maximum absolute atomic E-state index is 12.5. The van der Waals surface area contributed by atoms with Gasteiger partial charge in [-0.3, -0.25) is 4.90 Å². The van der Waals surface area contributed by atoms with E-state index in [0.29, 0.717) is 32.1 Å². The highest BCUT2D eigenvalue weighted by Crippen LogP contribution is 2.45. The van der Waals surface area contributed by atoms with Crippen molar-refractivity contribution < 1.29 is 13.2 Å². The van der Waals surface area contributed by atoms with Crippen LogP contribution in [0.15, 0.2) is 24.3 Å². The molecule has 2 aliphatic heterocycles. The Morgan fingerprint density at radius 2 is 2.18 bits per heavy atom. The third kappa shape index (κ3) is 2.80. The van der Waals surface area contributed by atoms with E-state index < -0.39 is 14.6 Å². The fourth-order valence-corrected chi connectivity index (χ4v) is 6.35. The van der Waals surface area contributed by atoms with Gasteiger partial charge in [0.2, 0.25) is 0 Å². The highest BCUT2D eigenvalue weighted by molar-refractivity contribution is 7.93. The first-order valence-electron chi connectivity index (χ1n) is 7.74. The average Bonchev–Trinajstić information content (AvgIpc) is 2.68. The lowest BCUT2D eigenvalue weighted by Crippen LogP contribution is -2.67. The van der Waals surface area contributed by atoms with E-state index in [2.05, 4.69) is 4.90 Å². The molecule has 122 valence electrons. The first kappa shape index (κ1) is 16.2. The van der Waals surface area contributed by atoms with Crippen LogP contribution in [0.2, 0.25) is 5.02 Å². The van der Waals surface area contributed by atoms with Crippen molar-refractivity contribution >= 4 is 21.4 Å². The summed E-state index contributed by atoms with van der Waals surface area (Å²) >= 11 is 6.00. The molecule has 0 radical (unpaired) electrons. The predicted molar refractivity (Wildman–Crippen MR) is 87.8 cm³/mol. The van der Waals surface area contributed by atoms with Crippen molar-refractivity contribution in [3.63, 3.8) is 0 Å². The van der Waals surface area contributed by atoms with Crippen LogP contribution >= 0.6 is 11.6 Å². The SMILES string of the molecule is CCOC[C@@H]1CCS(=O)(=O)C12CN(Cc1cccc(Cl)c1)C2. The van der Waals surface area contributed by atoms with Gasteiger partial charge in [0.15, 0.2) is 9.84 Å². The van der Waals surface area contributed by atoms with Crippen LogP contribution in [0.25, 0.3) is 0 Å². The molecule has 2 aliphatic rings. The van der Waals surface area contributed by atoms with Crippen LogP contribution < -0.4 is 0 Å². The number of ether oxygens (including phenoxy) is 1. The van der Waals surface area contributed by atoms with Crippen LogP contribution in [0.1, 0.15) is 18.9 Å². The summed E-state index contributed by atoms with van der Waals surface area (Å²) in [7, 11) is -3.01. The fourth-order valence-electron chi connectivity index (χ4n) is 3.68. The van der Waals surface area contributed by atoms with Crippen molar-refractivity contribution in [1.29, 1.82) is 0 Å². The molecule has 0 bridgehead atoms. The van der Waals surface area contributed by atoms with Gasteiger partial charge in [-0.25, -0.2) is 8.42 Å². The second-order valence-electron chi connectivity index (χ2n) is 6.30. The molecule has 6 heteroatoms. The number of sulfone groups is 1. The van der Waals surface area contributed by atoms with E-state index in [4.69, 9.17) is 16.3 Å². The molecule has 0 amide bonds. The van der Waals surface area contributed by atoms with Gasteiger partial charge in [0, 0.05) is 37.2 Å². The van der Waals surface area contributed by atoms with E-state index in [0.717, 1.165) is 23.6 Å². The largest absolute Gasteiger partial charge is 0.381 e. The topological polar surface area (TPSA) is 46.6 Å². The number of hydrogen-bond donors (Lipinski definition) is 0. The summed E-state index contributed by atoms with van der Waals surface area (Å²) in [6, 6.07) is 7.74. The molecule has 1 aromatic rings. The summed E-state index contributed by atoms with van der Waals surface area (Å²) in [4.78, 5) is 2.19. The van der Waals surface area contributed by atoms with Crippen molar-refractivity contribution in [2.45, 2.75) is 24.6 Å². The van der Waals surface area contributed by atoms with Gasteiger partial charge in [-0.1, -0.05) is 23.7 Å². The van der Waals surface area contributed by atoms with Crippen LogP contribution in [0.4, 0.5) is 0 Å². The van der Waals surface area contributed by atoms with Crippen molar-refractivity contribution in [2.75, 3.05) is 32.1 Å². The van der Waals surface area contributed by atoms with Crippen molar-refractivity contribution in [1.82, 2.24) is 4.90 Å². The Labute approximate surface area is 137 Å². The molecular formula is C16H22ClNO3S. The second kappa shape index (κ2) is 6.11. The molecular weight excluding hydrogens is 322 g/mol. The molecule has 2 saturated heterocycles. The molecule has 1 spiro atoms. The molecule has 0 unspecified atom stereocenters. The molecule has 2 heterocycles. The third-order valence-corrected chi connectivity index (χ3v) is 7.74. The average molecular weight is 344 g/mol. The van der Waals surface area contributed by atoms with Gasteiger partial charge in [-0.2, -0.15) is 0 Å². The number of nitrogens with zero attached hydrogens (tertiary/aromatic N) is 1. The molecule has 22 heavy (non-hydrogen) atoms. The Morgan fingerprint density at radius 3 is 2.86 bits per heavy atom. The number of hydrogen-bond acceptors (Lipinski definition) is 4. The van der Waals surface area contributed by atoms with Gasteiger partial charge in [-0.15, -0.1) is 0 Å². The molecule has 4 nitrogen and oxygen atoms in total. The summed E-state index contributed by atoms with van der Waals surface area (Å²) in [5, 5.41) is 0.718. The fraction of sp³-hybridized carbons (Fsp3) is 0.625. The molecule has 0 saturated carbocycles. The summed E-state index contributed by atoms with van der Waals surface area (Å²) in [6.07, 6.45) is 0.730. The van der Waals surface area contributed by atoms with Crippen LogP contribution in [0.3, 0.4) is 0 Å². The first-order valence-corrected chi connectivity index (χ1v) is 9.77. The van der Waals surface area contributed by atoms with Crippen LogP contribution in [-0.2, 0) is 21.1 Å². The zero-order valence-corrected chi connectivity index (χ0v) is 14.4. The summed E-state index contributed by atoms with van der Waals surface area (Å²) < 4.78 is 29.9. The van der Waals surface area contributed by atoms with Gasteiger partial charge in [0.25, 0.3) is 0 Å². The summed E-state index contributed by atoms with van der Waals surface area (Å²) in [6.45, 7) is 5.11. The molecule has 1 atom stereocenters. The first-order chi connectivity index (χ1) is 10.5. The van der Waals surface area contributed by atoms with Gasteiger partial charge in [-0.05, 0) is 31.0 Å². The lowest BCUT2D eigenvalue weighted by molar-refractivity contribution is 0.0292. The van der Waals surface area contributed by atoms with Crippen molar-refractivity contribution in [2.24, 2.45) is 5.92 Å². The molecule has 0 aliphatic carbocycles. The van der Waals surface area contributed by atoms with E-state index in [1.54, 1.807) is 0 Å². The smallest absolute Gasteiger partial charge is 0.158 e. The number of likely N-dealkylation sites (tertiary alicyclic amines) is 1. The van der Waals surface area contributed by atoms with Crippen LogP contribution in [-0.4, -0.2) is 50.1 Å². The third-order valence-electron chi connectivity index (χ3n) is 4.90. The summed E-state index contributed by atoms with van der Waals surface area (Å²) in [5.41, 5.74) is 1.12. The van der Waals surface area contributed by atoms with Crippen molar-refractivity contribution in [3.8, 4) is 0 Å². The summed E-state index contributed by atoms with van der Waals surface area (Å²) in [5.74, 6) is 0.434. The molecule has 1 aromatic carbocycles. The quantitative estimate of drug-likeness (QED) is 0.823. The minimum absolute atomic E-state index is 0.132. The Morgan fingerprint density at radius 1 is 1.41 bits per heavy atom. The lowest BCUT2D eigenvalue weighted by Gasteiger charge is -2.50. The van der Waals surface area contributed by atoms with E-state index in [9.17, 15) is 8.42 Å². The predicted octanol–water partition coefficient (Wildman–Crippen LogP) is 2.37. The van der Waals surface area contributed by atoms with Gasteiger partial charge in [0.05, 0.1) is 12.4 Å². The standard InChI is InChI=1S/C16H22ClNO3S/c1-2-21-10-14-6-7-22(19,20)16(14)11-18(12-16)9-13-4-3-5-15(17)8-13/h3-5,8,14H,2,6-7,9-12H2,1H3/t14-/m0/s1. The van der Waals surface area contributed by atoms with Crippen molar-refractivity contribution in [3.05, 3.63) is 34.9 Å². The second-order valence-corrected chi connectivity index (χ2v) is 9.19. The Balaban J connectivity index is 1.68. The van der Waals surface area contributed by atoms with Gasteiger partial charge >= 0.3 is 0 Å². The maximum atomic E-state index is 12.5. The minimum atomic E-state index is -3.01. The van der Waals surface area contributed by atoms with E-state index in [1.165, 1.54) is 0 Å². The molecule has 3 rings (SSSR count). The highest BCUT2D eigenvalue weighted by atomic mass is 35.5. The normalized spacial score (nSPS) is 26.2. The highest BCUT2D eigenvalue weighted by Gasteiger charge is 2.61. The van der Waals surface area contributed by atoms with Crippen LogP contribution in [0.5, 0.6) is 0 Å². The zero-order chi connectivity index (χ0) is 15.8. The monoisotopic (exact) mass is 343 g/mol. The molecule has 2 fully saturated rings. The van der Waals surface area contributed by atoms with Crippen LogP contribution in [0, 0.1) is 5.92 Å². The lowest BCUT2D eigenvalue weighted by atomic mass is 9.83. The van der Waals surface area contributed by atoms with Gasteiger partial charge < -0.3 is 4.74 Å². The Kier molecular flexibility index (Phi) is 4.52. The number of rotatable bonds is 5. The number of halogens is 1. The van der Waals surface area contributed by atoms with Gasteiger partial charge in [0.1, 0.15) is 4.75 Å². The van der Waals surface area contributed by atoms with E-state index in [1.807, 2.05) is 31.2 Å². The maximum Gasteiger partial charge on any atom is 0.158 e. The van der Waals surface area contributed by atoms with E-state index >= 15 is 0 Å². The molecule has 0 aromatic heterocycles. The Hall–Kier alpha value is -0.620. The number of benzene rings is 1. The van der Waals surface area contributed by atoms with E-state index in [-0.39, 0.29) is 5.92 Å². The zero-order valence-electron chi connectivity index (χ0n) is 12.8.